The van der Waals surface area contributed by atoms with Gasteiger partial charge in [0.05, 0.1) is 12.3 Å². The van der Waals surface area contributed by atoms with Crippen molar-refractivity contribution in [1.29, 1.82) is 0 Å². The van der Waals surface area contributed by atoms with Crippen LogP contribution in [-0.4, -0.2) is 6.26 Å². The van der Waals surface area contributed by atoms with Gasteiger partial charge in [-0.3, -0.25) is 0 Å². The maximum Gasteiger partial charge on any atom is 0.123 e. The molecule has 96 valence electrons. The van der Waals surface area contributed by atoms with Crippen molar-refractivity contribution in [3.63, 3.8) is 0 Å². The van der Waals surface area contributed by atoms with E-state index in [2.05, 4.69) is 5.32 Å². The van der Waals surface area contributed by atoms with Gasteiger partial charge in [0.1, 0.15) is 17.3 Å². The van der Waals surface area contributed by atoms with Crippen LogP contribution in [-0.2, 0) is 12.3 Å². The number of benzene rings is 1. The van der Waals surface area contributed by atoms with Crippen LogP contribution < -0.4 is 5.32 Å². The monoisotopic (exact) mass is 265 g/mol. The predicted molar refractivity (Wildman–Crippen MR) is 74.4 cm³/mol. The van der Waals surface area contributed by atoms with Crippen molar-refractivity contribution in [1.82, 2.24) is 0 Å². The van der Waals surface area contributed by atoms with Crippen molar-refractivity contribution in [3.05, 3.63) is 53.2 Å². The van der Waals surface area contributed by atoms with Gasteiger partial charge >= 0.3 is 0 Å². The van der Waals surface area contributed by atoms with Crippen LogP contribution in [0.5, 0.6) is 0 Å². The van der Waals surface area contributed by atoms with E-state index in [9.17, 15) is 4.39 Å². The average Bonchev–Trinajstić information content (AvgIpc) is 2.76. The fourth-order valence-corrected chi connectivity index (χ4v) is 2.18. The molecule has 0 radical (unpaired) electrons. The summed E-state index contributed by atoms with van der Waals surface area (Å²) in [6.45, 7) is 2.49. The lowest BCUT2D eigenvalue weighted by atomic mass is 10.2. The van der Waals surface area contributed by atoms with Gasteiger partial charge in [0.25, 0.3) is 0 Å². The van der Waals surface area contributed by atoms with E-state index >= 15 is 0 Å². The minimum atomic E-state index is -0.210. The first-order valence-electron chi connectivity index (χ1n) is 5.75. The second-order valence-electron chi connectivity index (χ2n) is 4.11. The molecular weight excluding hydrogens is 249 g/mol. The number of nitrogens with one attached hydrogen (secondary N) is 1. The van der Waals surface area contributed by atoms with Crippen LogP contribution in [0.2, 0.25) is 0 Å². The van der Waals surface area contributed by atoms with Crippen LogP contribution in [0.3, 0.4) is 0 Å². The summed E-state index contributed by atoms with van der Waals surface area (Å²) in [5.74, 6) is 2.55. The van der Waals surface area contributed by atoms with E-state index in [0.717, 1.165) is 28.5 Å². The molecule has 4 heteroatoms. The number of furan rings is 1. The summed E-state index contributed by atoms with van der Waals surface area (Å²) in [5.41, 5.74) is 1.82. The molecule has 2 nitrogen and oxygen atoms in total. The van der Waals surface area contributed by atoms with Crippen molar-refractivity contribution in [2.24, 2.45) is 0 Å². The summed E-state index contributed by atoms with van der Waals surface area (Å²) in [5, 5.41) is 3.24. The number of hydrogen-bond donors (Lipinski definition) is 1. The lowest BCUT2D eigenvalue weighted by Gasteiger charge is -2.07. The highest BCUT2D eigenvalue weighted by atomic mass is 32.2. The molecule has 2 rings (SSSR count). The van der Waals surface area contributed by atoms with E-state index in [0.29, 0.717) is 6.54 Å². The SMILES string of the molecule is CSCc1ccc(CNc2ccc(F)cc2C)o1. The molecule has 0 unspecified atom stereocenters. The van der Waals surface area contributed by atoms with Gasteiger partial charge in [0.2, 0.25) is 0 Å². The number of hydrogen-bond acceptors (Lipinski definition) is 3. The number of aryl methyl sites for hydroxylation is 1. The maximum atomic E-state index is 13.0. The summed E-state index contributed by atoms with van der Waals surface area (Å²) in [4.78, 5) is 0. The van der Waals surface area contributed by atoms with E-state index in [1.165, 1.54) is 12.1 Å². The standard InChI is InChI=1S/C14H16FNOS/c1-10-7-11(15)3-6-14(10)16-8-12-4-5-13(17-12)9-18-2/h3-7,16H,8-9H2,1-2H3. The molecule has 0 amide bonds. The van der Waals surface area contributed by atoms with Gasteiger partial charge < -0.3 is 9.73 Å². The molecule has 0 spiro atoms. The Kier molecular flexibility index (Phi) is 4.31. The van der Waals surface area contributed by atoms with Gasteiger partial charge in [0.15, 0.2) is 0 Å². The normalized spacial score (nSPS) is 10.6. The van der Waals surface area contributed by atoms with Crippen molar-refractivity contribution in [3.8, 4) is 0 Å². The van der Waals surface area contributed by atoms with Crippen LogP contribution in [0.15, 0.2) is 34.7 Å². The summed E-state index contributed by atoms with van der Waals surface area (Å²) < 4.78 is 18.6. The second-order valence-corrected chi connectivity index (χ2v) is 4.98. The molecule has 0 fully saturated rings. The zero-order valence-corrected chi connectivity index (χ0v) is 11.3. The molecule has 2 aromatic rings. The van der Waals surface area contributed by atoms with Crippen LogP contribution in [0, 0.1) is 12.7 Å². The van der Waals surface area contributed by atoms with E-state index < -0.39 is 0 Å². The van der Waals surface area contributed by atoms with Gasteiger partial charge in [0, 0.05) is 5.69 Å². The van der Waals surface area contributed by atoms with Gasteiger partial charge in [-0.15, -0.1) is 0 Å². The van der Waals surface area contributed by atoms with Gasteiger partial charge in [-0.05, 0) is 49.1 Å². The Morgan fingerprint density at radius 3 is 2.72 bits per heavy atom. The highest BCUT2D eigenvalue weighted by Gasteiger charge is 2.03. The Hall–Kier alpha value is -1.42. The Morgan fingerprint density at radius 2 is 2.00 bits per heavy atom. The van der Waals surface area contributed by atoms with Gasteiger partial charge in [-0.25, -0.2) is 4.39 Å². The fraction of sp³-hybridized carbons (Fsp3) is 0.286. The molecule has 18 heavy (non-hydrogen) atoms. The Morgan fingerprint density at radius 1 is 1.22 bits per heavy atom. The van der Waals surface area contributed by atoms with Gasteiger partial charge in [-0.2, -0.15) is 11.8 Å². The van der Waals surface area contributed by atoms with Crippen molar-refractivity contribution in [2.45, 2.75) is 19.2 Å². The van der Waals surface area contributed by atoms with E-state index in [4.69, 9.17) is 4.42 Å². The average molecular weight is 265 g/mol. The van der Waals surface area contributed by atoms with Crippen LogP contribution in [0.1, 0.15) is 17.1 Å². The molecule has 1 aromatic carbocycles. The van der Waals surface area contributed by atoms with Crippen molar-refractivity contribution in [2.75, 3.05) is 11.6 Å². The molecule has 1 heterocycles. The highest BCUT2D eigenvalue weighted by Crippen LogP contribution is 2.18. The third-order valence-corrected chi connectivity index (χ3v) is 3.22. The zero-order chi connectivity index (χ0) is 13.0. The molecule has 0 aliphatic rings. The number of rotatable bonds is 5. The summed E-state index contributed by atoms with van der Waals surface area (Å²) in [6.07, 6.45) is 2.04. The highest BCUT2D eigenvalue weighted by molar-refractivity contribution is 7.97. The molecule has 0 aliphatic carbocycles. The van der Waals surface area contributed by atoms with E-state index in [1.54, 1.807) is 17.8 Å². The fourth-order valence-electron chi connectivity index (χ4n) is 1.74. The summed E-state index contributed by atoms with van der Waals surface area (Å²) in [7, 11) is 0. The molecule has 1 N–H and O–H groups in total. The number of anilines is 1. The van der Waals surface area contributed by atoms with Crippen molar-refractivity contribution < 1.29 is 8.81 Å². The lowest BCUT2D eigenvalue weighted by molar-refractivity contribution is 0.487. The van der Waals surface area contributed by atoms with Gasteiger partial charge in [-0.1, -0.05) is 0 Å². The first kappa shape index (κ1) is 13.0. The van der Waals surface area contributed by atoms with E-state index in [-0.39, 0.29) is 5.82 Å². The minimum absolute atomic E-state index is 0.210. The smallest absolute Gasteiger partial charge is 0.123 e. The molecule has 1 aromatic heterocycles. The third kappa shape index (κ3) is 3.29. The largest absolute Gasteiger partial charge is 0.463 e. The number of thioether (sulfide) groups is 1. The first-order chi connectivity index (χ1) is 8.69. The Balaban J connectivity index is 1.97. The molecule has 0 saturated heterocycles. The minimum Gasteiger partial charge on any atom is -0.463 e. The second kappa shape index (κ2) is 5.96. The lowest BCUT2D eigenvalue weighted by Crippen LogP contribution is -2.00. The molecule has 0 aliphatic heterocycles. The Bertz CT molecular complexity index is 524. The van der Waals surface area contributed by atoms with Crippen LogP contribution >= 0.6 is 11.8 Å². The van der Waals surface area contributed by atoms with E-state index in [1.807, 2.05) is 25.3 Å². The zero-order valence-electron chi connectivity index (χ0n) is 10.5. The number of halogens is 1. The third-order valence-electron chi connectivity index (χ3n) is 2.65. The van der Waals surface area contributed by atoms with Crippen LogP contribution in [0.25, 0.3) is 0 Å². The predicted octanol–water partition coefficient (Wildman–Crippen LogP) is 4.20. The molecule has 0 atom stereocenters. The summed E-state index contributed by atoms with van der Waals surface area (Å²) in [6, 6.07) is 8.68. The topological polar surface area (TPSA) is 25.2 Å². The maximum absolute atomic E-state index is 13.0. The quantitative estimate of drug-likeness (QED) is 0.877. The van der Waals surface area contributed by atoms with Crippen molar-refractivity contribution >= 4 is 17.4 Å². The molecule has 0 bridgehead atoms. The molecule has 0 saturated carbocycles. The first-order valence-corrected chi connectivity index (χ1v) is 7.15. The Labute approximate surface area is 111 Å². The van der Waals surface area contributed by atoms with Crippen LogP contribution in [0.4, 0.5) is 10.1 Å². The molecular formula is C14H16FNOS. The summed E-state index contributed by atoms with van der Waals surface area (Å²) >= 11 is 1.73.